The van der Waals surface area contributed by atoms with Crippen LogP contribution in [0.15, 0.2) is 0 Å². The average Bonchev–Trinajstić information content (AvgIpc) is 2.52. The van der Waals surface area contributed by atoms with Crippen LogP contribution < -0.4 is 10.6 Å². The van der Waals surface area contributed by atoms with Crippen LogP contribution in [0.3, 0.4) is 0 Å². The van der Waals surface area contributed by atoms with Gasteiger partial charge in [-0.3, -0.25) is 4.79 Å². The van der Waals surface area contributed by atoms with Gasteiger partial charge in [-0.1, -0.05) is 6.42 Å². The lowest BCUT2D eigenvalue weighted by Gasteiger charge is -2.26. The van der Waals surface area contributed by atoms with E-state index in [9.17, 15) is 4.79 Å². The Bertz CT molecular complexity index is 271. The van der Waals surface area contributed by atoms with Gasteiger partial charge in [-0.05, 0) is 77.2 Å². The van der Waals surface area contributed by atoms with Crippen LogP contribution in [0.2, 0.25) is 0 Å². The van der Waals surface area contributed by atoms with Crippen molar-refractivity contribution in [2.75, 3.05) is 39.3 Å². The molecule has 0 aromatic carbocycles. The van der Waals surface area contributed by atoms with Crippen molar-refractivity contribution in [1.82, 2.24) is 15.5 Å². The van der Waals surface area contributed by atoms with Crippen molar-refractivity contribution in [1.29, 1.82) is 0 Å². The van der Waals surface area contributed by atoms with E-state index in [-0.39, 0.29) is 5.91 Å². The summed E-state index contributed by atoms with van der Waals surface area (Å²) in [5.41, 5.74) is 0. The molecule has 2 N–H and O–H groups in total. The van der Waals surface area contributed by atoms with E-state index >= 15 is 0 Å². The molecular formula is C16H31N3O. The van der Waals surface area contributed by atoms with Crippen molar-refractivity contribution in [3.8, 4) is 0 Å². The minimum atomic E-state index is 0.252. The molecule has 4 heteroatoms. The Hall–Kier alpha value is -0.610. The molecule has 0 aliphatic carbocycles. The smallest absolute Gasteiger partial charge is 0.220 e. The van der Waals surface area contributed by atoms with Crippen LogP contribution >= 0.6 is 0 Å². The molecule has 2 rings (SSSR count). The minimum absolute atomic E-state index is 0.252. The summed E-state index contributed by atoms with van der Waals surface area (Å²) in [6.45, 7) is 6.76. The quantitative estimate of drug-likeness (QED) is 0.699. The van der Waals surface area contributed by atoms with Gasteiger partial charge in [0.25, 0.3) is 0 Å². The second-order valence-corrected chi connectivity index (χ2v) is 6.34. The highest BCUT2D eigenvalue weighted by Gasteiger charge is 2.14. The number of carbonyl (C=O) groups is 1. The zero-order valence-electron chi connectivity index (χ0n) is 12.8. The summed E-state index contributed by atoms with van der Waals surface area (Å²) in [6.07, 6.45) is 9.45. The fourth-order valence-electron chi connectivity index (χ4n) is 3.31. The molecule has 116 valence electrons. The SMILES string of the molecule is O=C(CCC1CCNCC1)NCCCN1CCCCC1. The second kappa shape index (κ2) is 9.35. The molecule has 2 aliphatic rings. The van der Waals surface area contributed by atoms with E-state index in [2.05, 4.69) is 15.5 Å². The first-order chi connectivity index (χ1) is 9.84. The molecular weight excluding hydrogens is 250 g/mol. The molecule has 0 spiro atoms. The van der Waals surface area contributed by atoms with Gasteiger partial charge in [0.2, 0.25) is 5.91 Å². The van der Waals surface area contributed by atoms with E-state index in [0.717, 1.165) is 44.9 Å². The van der Waals surface area contributed by atoms with Gasteiger partial charge in [-0.2, -0.15) is 0 Å². The molecule has 0 unspecified atom stereocenters. The van der Waals surface area contributed by atoms with Gasteiger partial charge in [-0.25, -0.2) is 0 Å². The van der Waals surface area contributed by atoms with E-state index in [1.807, 2.05) is 0 Å². The summed E-state index contributed by atoms with van der Waals surface area (Å²) in [6, 6.07) is 0. The molecule has 0 aromatic rings. The Morgan fingerprint density at radius 2 is 1.90 bits per heavy atom. The van der Waals surface area contributed by atoms with Crippen molar-refractivity contribution in [2.24, 2.45) is 5.92 Å². The van der Waals surface area contributed by atoms with Crippen molar-refractivity contribution in [2.45, 2.75) is 51.4 Å². The lowest BCUT2D eigenvalue weighted by atomic mass is 9.93. The van der Waals surface area contributed by atoms with Gasteiger partial charge in [0.1, 0.15) is 0 Å². The van der Waals surface area contributed by atoms with Crippen LogP contribution in [-0.4, -0.2) is 50.1 Å². The van der Waals surface area contributed by atoms with Crippen molar-refractivity contribution >= 4 is 5.91 Å². The number of hydrogen-bond acceptors (Lipinski definition) is 3. The van der Waals surface area contributed by atoms with Gasteiger partial charge in [0.05, 0.1) is 0 Å². The van der Waals surface area contributed by atoms with Crippen LogP contribution in [0.5, 0.6) is 0 Å². The number of nitrogens with one attached hydrogen (secondary N) is 2. The molecule has 0 radical (unpaired) electrons. The second-order valence-electron chi connectivity index (χ2n) is 6.34. The highest BCUT2D eigenvalue weighted by Crippen LogP contribution is 2.17. The maximum atomic E-state index is 11.8. The maximum absolute atomic E-state index is 11.8. The van der Waals surface area contributed by atoms with Crippen LogP contribution in [0.25, 0.3) is 0 Å². The summed E-state index contributed by atoms with van der Waals surface area (Å²) in [5, 5.41) is 6.45. The van der Waals surface area contributed by atoms with Gasteiger partial charge < -0.3 is 15.5 Å². The summed E-state index contributed by atoms with van der Waals surface area (Å²) in [7, 11) is 0. The molecule has 2 fully saturated rings. The zero-order chi connectivity index (χ0) is 14.0. The molecule has 0 atom stereocenters. The van der Waals surface area contributed by atoms with Crippen LogP contribution in [-0.2, 0) is 4.79 Å². The Balaban J connectivity index is 1.45. The van der Waals surface area contributed by atoms with Crippen LogP contribution in [0.1, 0.15) is 51.4 Å². The lowest BCUT2D eigenvalue weighted by molar-refractivity contribution is -0.121. The van der Waals surface area contributed by atoms with E-state index in [1.54, 1.807) is 0 Å². The monoisotopic (exact) mass is 281 g/mol. The Kier molecular flexibility index (Phi) is 7.37. The molecule has 4 nitrogen and oxygen atoms in total. The minimum Gasteiger partial charge on any atom is -0.356 e. The summed E-state index contributed by atoms with van der Waals surface area (Å²) < 4.78 is 0. The molecule has 0 aromatic heterocycles. The molecule has 2 aliphatic heterocycles. The Morgan fingerprint density at radius 3 is 2.65 bits per heavy atom. The van der Waals surface area contributed by atoms with Gasteiger partial charge in [0, 0.05) is 13.0 Å². The number of hydrogen-bond donors (Lipinski definition) is 2. The number of nitrogens with zero attached hydrogens (tertiary/aromatic N) is 1. The highest BCUT2D eigenvalue weighted by molar-refractivity contribution is 5.75. The lowest BCUT2D eigenvalue weighted by Crippen LogP contribution is -2.33. The van der Waals surface area contributed by atoms with Gasteiger partial charge in [0.15, 0.2) is 0 Å². The van der Waals surface area contributed by atoms with Crippen molar-refractivity contribution in [3.05, 3.63) is 0 Å². The van der Waals surface area contributed by atoms with E-state index in [0.29, 0.717) is 6.42 Å². The largest absolute Gasteiger partial charge is 0.356 e. The van der Waals surface area contributed by atoms with E-state index in [1.165, 1.54) is 45.2 Å². The third-order valence-corrected chi connectivity index (χ3v) is 4.66. The molecule has 1 amide bonds. The number of rotatable bonds is 7. The van der Waals surface area contributed by atoms with E-state index in [4.69, 9.17) is 0 Å². The third kappa shape index (κ3) is 6.23. The van der Waals surface area contributed by atoms with E-state index < -0.39 is 0 Å². The summed E-state index contributed by atoms with van der Waals surface area (Å²) in [5.74, 6) is 1.01. The first-order valence-electron chi connectivity index (χ1n) is 8.54. The highest BCUT2D eigenvalue weighted by atomic mass is 16.1. The molecule has 2 heterocycles. The van der Waals surface area contributed by atoms with Gasteiger partial charge >= 0.3 is 0 Å². The number of carbonyl (C=O) groups excluding carboxylic acids is 1. The summed E-state index contributed by atoms with van der Waals surface area (Å²) in [4.78, 5) is 14.3. The molecule has 2 saturated heterocycles. The number of likely N-dealkylation sites (tertiary alicyclic amines) is 1. The fraction of sp³-hybridized carbons (Fsp3) is 0.938. The zero-order valence-corrected chi connectivity index (χ0v) is 12.8. The molecule has 0 bridgehead atoms. The van der Waals surface area contributed by atoms with Gasteiger partial charge in [-0.15, -0.1) is 0 Å². The summed E-state index contributed by atoms with van der Waals surface area (Å²) >= 11 is 0. The first kappa shape index (κ1) is 15.8. The fourth-order valence-corrected chi connectivity index (χ4v) is 3.31. The topological polar surface area (TPSA) is 44.4 Å². The van der Waals surface area contributed by atoms with Crippen molar-refractivity contribution in [3.63, 3.8) is 0 Å². The average molecular weight is 281 g/mol. The normalized spacial score (nSPS) is 21.8. The predicted octanol–water partition coefficient (Wildman–Crippen LogP) is 1.76. The van der Waals surface area contributed by atoms with Crippen LogP contribution in [0, 0.1) is 5.92 Å². The third-order valence-electron chi connectivity index (χ3n) is 4.66. The number of amides is 1. The van der Waals surface area contributed by atoms with Crippen LogP contribution in [0.4, 0.5) is 0 Å². The maximum Gasteiger partial charge on any atom is 0.220 e. The first-order valence-corrected chi connectivity index (χ1v) is 8.54. The number of piperidine rings is 2. The Labute approximate surface area is 123 Å². The predicted molar refractivity (Wildman–Crippen MR) is 82.7 cm³/mol. The van der Waals surface area contributed by atoms with Crippen molar-refractivity contribution < 1.29 is 4.79 Å². The molecule has 20 heavy (non-hydrogen) atoms. The standard InChI is InChI=1S/C16H31N3O/c20-16(6-5-15-7-10-17-11-8-15)18-9-4-14-19-12-2-1-3-13-19/h15,17H,1-14H2,(H,18,20). The molecule has 0 saturated carbocycles. The Morgan fingerprint density at radius 1 is 1.15 bits per heavy atom.